The molecule has 2 nitrogen and oxygen atoms in total. The molecule has 1 aliphatic rings. The highest BCUT2D eigenvalue weighted by Gasteiger charge is 2.22. The summed E-state index contributed by atoms with van der Waals surface area (Å²) in [5.41, 5.74) is 7.35. The van der Waals surface area contributed by atoms with Gasteiger partial charge in [0.25, 0.3) is 0 Å². The molecule has 0 saturated carbocycles. The minimum atomic E-state index is 0.386. The average Bonchev–Trinajstić information content (AvgIpc) is 2.93. The molecule has 3 rings (SSSR count). The maximum atomic E-state index is 5.99. The number of rotatable bonds is 3. The van der Waals surface area contributed by atoms with Gasteiger partial charge in [-0.25, -0.2) is 0 Å². The molecule has 1 unspecified atom stereocenters. The standard InChI is InChI=1S/C16H20N2/c17-12-16(18-9-3-4-10-18)15-8-7-13-5-1-2-6-14(13)11-15/h1-2,5-8,11,16H,3-4,9-10,12,17H2. The topological polar surface area (TPSA) is 29.3 Å². The lowest BCUT2D eigenvalue weighted by Crippen LogP contribution is -2.31. The third-order valence-electron chi connectivity index (χ3n) is 3.96. The predicted molar refractivity (Wildman–Crippen MR) is 76.6 cm³/mol. The molecule has 2 heteroatoms. The Labute approximate surface area is 108 Å². The summed E-state index contributed by atoms with van der Waals surface area (Å²) in [6.07, 6.45) is 2.62. The fourth-order valence-electron chi connectivity index (χ4n) is 2.96. The van der Waals surface area contributed by atoms with Gasteiger partial charge in [0.05, 0.1) is 0 Å². The van der Waals surface area contributed by atoms with E-state index >= 15 is 0 Å². The monoisotopic (exact) mass is 240 g/mol. The maximum Gasteiger partial charge on any atom is 0.0470 e. The summed E-state index contributed by atoms with van der Waals surface area (Å²) in [4.78, 5) is 2.52. The van der Waals surface area contributed by atoms with Crippen LogP contribution in [0.15, 0.2) is 42.5 Å². The molecule has 0 aliphatic carbocycles. The number of hydrogen-bond acceptors (Lipinski definition) is 2. The minimum absolute atomic E-state index is 0.386. The van der Waals surface area contributed by atoms with Crippen molar-refractivity contribution in [2.75, 3.05) is 19.6 Å². The second-order valence-corrected chi connectivity index (χ2v) is 5.10. The van der Waals surface area contributed by atoms with Crippen molar-refractivity contribution in [3.05, 3.63) is 48.0 Å². The van der Waals surface area contributed by atoms with Crippen LogP contribution in [0, 0.1) is 0 Å². The Morgan fingerprint density at radius 2 is 1.72 bits per heavy atom. The molecule has 1 aliphatic heterocycles. The van der Waals surface area contributed by atoms with Crippen molar-refractivity contribution in [3.63, 3.8) is 0 Å². The number of nitrogens with zero attached hydrogens (tertiary/aromatic N) is 1. The van der Waals surface area contributed by atoms with Gasteiger partial charge in [-0.15, -0.1) is 0 Å². The van der Waals surface area contributed by atoms with Crippen molar-refractivity contribution in [3.8, 4) is 0 Å². The molecule has 2 aromatic rings. The fraction of sp³-hybridized carbons (Fsp3) is 0.375. The number of benzene rings is 2. The lowest BCUT2D eigenvalue weighted by atomic mass is 10.0. The lowest BCUT2D eigenvalue weighted by Gasteiger charge is -2.26. The Bertz CT molecular complexity index is 529. The first-order chi connectivity index (χ1) is 8.88. The van der Waals surface area contributed by atoms with Crippen LogP contribution in [0.2, 0.25) is 0 Å². The van der Waals surface area contributed by atoms with Crippen LogP contribution < -0.4 is 5.73 Å². The van der Waals surface area contributed by atoms with Gasteiger partial charge >= 0.3 is 0 Å². The normalized spacial score (nSPS) is 18.3. The van der Waals surface area contributed by atoms with Gasteiger partial charge in [0.2, 0.25) is 0 Å². The van der Waals surface area contributed by atoms with Crippen LogP contribution in [0.5, 0.6) is 0 Å². The molecule has 0 aromatic heterocycles. The highest BCUT2D eigenvalue weighted by atomic mass is 15.2. The molecule has 1 saturated heterocycles. The van der Waals surface area contributed by atoms with Gasteiger partial charge in [0, 0.05) is 12.6 Å². The van der Waals surface area contributed by atoms with E-state index in [1.807, 2.05) is 0 Å². The Balaban J connectivity index is 1.96. The van der Waals surface area contributed by atoms with Crippen LogP contribution in [0.4, 0.5) is 0 Å². The smallest absolute Gasteiger partial charge is 0.0470 e. The third kappa shape index (κ3) is 2.14. The first-order valence-electron chi connectivity index (χ1n) is 6.81. The van der Waals surface area contributed by atoms with E-state index in [0.29, 0.717) is 12.6 Å². The maximum absolute atomic E-state index is 5.99. The SMILES string of the molecule is NCC(c1ccc2ccccc2c1)N1CCCC1. The largest absolute Gasteiger partial charge is 0.329 e. The molecular formula is C16H20N2. The zero-order valence-corrected chi connectivity index (χ0v) is 10.7. The molecule has 0 amide bonds. The summed E-state index contributed by atoms with van der Waals surface area (Å²) >= 11 is 0. The molecule has 0 radical (unpaired) electrons. The van der Waals surface area contributed by atoms with Gasteiger partial charge in [0.1, 0.15) is 0 Å². The van der Waals surface area contributed by atoms with Gasteiger partial charge in [-0.3, -0.25) is 4.90 Å². The number of nitrogens with two attached hydrogens (primary N) is 1. The Morgan fingerprint density at radius 1 is 1.00 bits per heavy atom. The van der Waals surface area contributed by atoms with Crippen molar-refractivity contribution in [2.45, 2.75) is 18.9 Å². The van der Waals surface area contributed by atoms with E-state index in [2.05, 4.69) is 47.4 Å². The predicted octanol–water partition coefficient (Wildman–Crippen LogP) is 2.94. The van der Waals surface area contributed by atoms with Crippen molar-refractivity contribution in [2.24, 2.45) is 5.73 Å². The second kappa shape index (κ2) is 5.09. The van der Waals surface area contributed by atoms with E-state index in [4.69, 9.17) is 5.73 Å². The van der Waals surface area contributed by atoms with Crippen LogP contribution in [0.3, 0.4) is 0 Å². The van der Waals surface area contributed by atoms with Gasteiger partial charge in [-0.1, -0.05) is 36.4 Å². The van der Waals surface area contributed by atoms with Crippen molar-refractivity contribution >= 4 is 10.8 Å². The Hall–Kier alpha value is -1.38. The van der Waals surface area contributed by atoms with E-state index in [9.17, 15) is 0 Å². The zero-order valence-electron chi connectivity index (χ0n) is 10.7. The second-order valence-electron chi connectivity index (χ2n) is 5.10. The van der Waals surface area contributed by atoms with Crippen molar-refractivity contribution in [1.29, 1.82) is 0 Å². The molecule has 1 atom stereocenters. The highest BCUT2D eigenvalue weighted by molar-refractivity contribution is 5.83. The first-order valence-corrected chi connectivity index (χ1v) is 6.81. The number of likely N-dealkylation sites (tertiary alicyclic amines) is 1. The molecular weight excluding hydrogens is 220 g/mol. The van der Waals surface area contributed by atoms with Gasteiger partial charge in [0.15, 0.2) is 0 Å². The highest BCUT2D eigenvalue weighted by Crippen LogP contribution is 2.26. The van der Waals surface area contributed by atoms with Crippen LogP contribution in [0.1, 0.15) is 24.4 Å². The van der Waals surface area contributed by atoms with E-state index in [-0.39, 0.29) is 0 Å². The summed E-state index contributed by atoms with van der Waals surface area (Å²) in [6.45, 7) is 3.09. The number of hydrogen-bond donors (Lipinski definition) is 1. The molecule has 2 aromatic carbocycles. The quantitative estimate of drug-likeness (QED) is 0.893. The molecule has 0 bridgehead atoms. The first kappa shape index (κ1) is 11.7. The Kier molecular flexibility index (Phi) is 3.31. The van der Waals surface area contributed by atoms with Crippen LogP contribution in [-0.2, 0) is 0 Å². The van der Waals surface area contributed by atoms with E-state index in [1.165, 1.54) is 42.3 Å². The van der Waals surface area contributed by atoms with E-state index in [1.54, 1.807) is 0 Å². The van der Waals surface area contributed by atoms with Crippen LogP contribution in [0.25, 0.3) is 10.8 Å². The summed E-state index contributed by atoms with van der Waals surface area (Å²) in [5, 5.41) is 2.62. The minimum Gasteiger partial charge on any atom is -0.329 e. The van der Waals surface area contributed by atoms with E-state index < -0.39 is 0 Å². The third-order valence-corrected chi connectivity index (χ3v) is 3.96. The van der Waals surface area contributed by atoms with Crippen molar-refractivity contribution in [1.82, 2.24) is 4.90 Å². The fourth-order valence-corrected chi connectivity index (χ4v) is 2.96. The number of fused-ring (bicyclic) bond motifs is 1. The zero-order chi connectivity index (χ0) is 12.4. The van der Waals surface area contributed by atoms with Crippen molar-refractivity contribution < 1.29 is 0 Å². The van der Waals surface area contributed by atoms with Gasteiger partial charge in [-0.2, -0.15) is 0 Å². The summed E-state index contributed by atoms with van der Waals surface area (Å²) in [5.74, 6) is 0. The summed E-state index contributed by atoms with van der Waals surface area (Å²) in [6, 6.07) is 15.6. The molecule has 1 fully saturated rings. The van der Waals surface area contributed by atoms with Gasteiger partial charge in [-0.05, 0) is 48.3 Å². The summed E-state index contributed by atoms with van der Waals surface area (Å²) < 4.78 is 0. The van der Waals surface area contributed by atoms with Crippen LogP contribution >= 0.6 is 0 Å². The lowest BCUT2D eigenvalue weighted by molar-refractivity contribution is 0.251. The molecule has 2 N–H and O–H groups in total. The van der Waals surface area contributed by atoms with Gasteiger partial charge < -0.3 is 5.73 Å². The Morgan fingerprint density at radius 3 is 2.44 bits per heavy atom. The van der Waals surface area contributed by atoms with E-state index in [0.717, 1.165) is 0 Å². The molecule has 18 heavy (non-hydrogen) atoms. The molecule has 94 valence electrons. The molecule has 0 spiro atoms. The average molecular weight is 240 g/mol. The van der Waals surface area contributed by atoms with Crippen LogP contribution in [-0.4, -0.2) is 24.5 Å². The summed E-state index contributed by atoms with van der Waals surface area (Å²) in [7, 11) is 0. The molecule has 1 heterocycles.